The van der Waals surface area contributed by atoms with E-state index in [1.165, 1.54) is 0 Å². The Morgan fingerprint density at radius 1 is 1.29 bits per heavy atom. The molecule has 0 saturated carbocycles. The molecule has 0 unspecified atom stereocenters. The number of pyridine rings is 1. The van der Waals surface area contributed by atoms with Crippen LogP contribution in [0, 0.1) is 0 Å². The number of hydrogen-bond acceptors (Lipinski definition) is 3. The molecule has 78 valence electrons. The molecule has 0 spiro atoms. The van der Waals surface area contributed by atoms with Crippen LogP contribution in [-0.4, -0.2) is 16.5 Å². The van der Waals surface area contributed by atoms with Gasteiger partial charge in [-0.05, 0) is 0 Å². The Labute approximate surface area is 86.0 Å². The van der Waals surface area contributed by atoms with Crippen molar-refractivity contribution in [3.8, 4) is 11.5 Å². The summed E-state index contributed by atoms with van der Waals surface area (Å²) in [7, 11) is 0. The van der Waals surface area contributed by atoms with Gasteiger partial charge in [-0.2, -0.15) is 0 Å². The number of aromatic hydroxyl groups is 1. The molecule has 1 heterocycles. The van der Waals surface area contributed by atoms with E-state index in [9.17, 15) is 13.2 Å². The molecule has 0 fully saturated rings. The molecule has 8 heteroatoms. The van der Waals surface area contributed by atoms with Crippen molar-refractivity contribution in [1.82, 2.24) is 4.98 Å². The largest absolute Gasteiger partial charge is 0.573 e. The van der Waals surface area contributed by atoms with Gasteiger partial charge >= 0.3 is 6.36 Å². The van der Waals surface area contributed by atoms with E-state index in [0.29, 0.717) is 6.07 Å². The van der Waals surface area contributed by atoms with Crippen LogP contribution in [0.15, 0.2) is 6.07 Å². The molecule has 0 saturated heterocycles. The zero-order chi connectivity index (χ0) is 10.9. The summed E-state index contributed by atoms with van der Waals surface area (Å²) in [5.41, 5.74) is 0. The number of ether oxygens (including phenoxy) is 1. The van der Waals surface area contributed by atoms with E-state index in [1.54, 1.807) is 0 Å². The monoisotopic (exact) mass is 247 g/mol. The van der Waals surface area contributed by atoms with Crippen LogP contribution in [0.3, 0.4) is 0 Å². The molecule has 0 atom stereocenters. The molecule has 0 bridgehead atoms. The van der Waals surface area contributed by atoms with Gasteiger partial charge in [0.15, 0.2) is 21.8 Å². The first-order valence-corrected chi connectivity index (χ1v) is 3.86. The minimum Gasteiger partial charge on any atom is -0.505 e. The summed E-state index contributed by atoms with van der Waals surface area (Å²) in [5.74, 6) is -1.45. The third-order valence-corrected chi connectivity index (χ3v) is 1.65. The Morgan fingerprint density at radius 3 is 2.36 bits per heavy atom. The van der Waals surface area contributed by atoms with Crippen molar-refractivity contribution in [2.45, 2.75) is 6.36 Å². The average molecular weight is 248 g/mol. The molecule has 0 aliphatic carbocycles. The first kappa shape index (κ1) is 11.2. The predicted octanol–water partition coefficient (Wildman–Crippen LogP) is 2.99. The van der Waals surface area contributed by atoms with Gasteiger partial charge in [-0.15, -0.1) is 13.2 Å². The van der Waals surface area contributed by atoms with Crippen molar-refractivity contribution in [3.05, 3.63) is 16.4 Å². The first-order chi connectivity index (χ1) is 6.29. The van der Waals surface area contributed by atoms with E-state index in [1.807, 2.05) is 0 Å². The molecule has 1 aromatic heterocycles. The van der Waals surface area contributed by atoms with Crippen LogP contribution >= 0.6 is 23.2 Å². The Kier molecular flexibility index (Phi) is 2.96. The van der Waals surface area contributed by atoms with Gasteiger partial charge in [0, 0.05) is 6.07 Å². The van der Waals surface area contributed by atoms with Gasteiger partial charge in [-0.1, -0.05) is 23.2 Å². The van der Waals surface area contributed by atoms with Gasteiger partial charge in [-0.25, -0.2) is 4.98 Å². The number of aromatic nitrogens is 1. The summed E-state index contributed by atoms with van der Waals surface area (Å²) in [6.07, 6.45) is -4.90. The quantitative estimate of drug-likeness (QED) is 0.776. The van der Waals surface area contributed by atoms with Crippen LogP contribution in [0.1, 0.15) is 0 Å². The fourth-order valence-corrected chi connectivity index (χ4v) is 0.998. The maximum absolute atomic E-state index is 11.7. The second-order valence-electron chi connectivity index (χ2n) is 2.14. The molecule has 14 heavy (non-hydrogen) atoms. The van der Waals surface area contributed by atoms with Gasteiger partial charge in [0.2, 0.25) is 0 Å². The standard InChI is InChI=1S/C6H2Cl2F3NO2/c7-4-2(13)1-3(5(8)12-4)14-6(9,10)11/h1,13H. The molecule has 3 nitrogen and oxygen atoms in total. The molecule has 0 aromatic carbocycles. The van der Waals surface area contributed by atoms with E-state index >= 15 is 0 Å². The summed E-state index contributed by atoms with van der Waals surface area (Å²) in [6, 6.07) is 0.630. The molecule has 0 radical (unpaired) electrons. The number of rotatable bonds is 1. The van der Waals surface area contributed by atoms with Crippen molar-refractivity contribution in [1.29, 1.82) is 0 Å². The number of alkyl halides is 3. The number of hydrogen-bond donors (Lipinski definition) is 1. The molecule has 1 rings (SSSR count). The fourth-order valence-electron chi connectivity index (χ4n) is 0.638. The van der Waals surface area contributed by atoms with Crippen molar-refractivity contribution >= 4 is 23.2 Å². The summed E-state index contributed by atoms with van der Waals surface area (Å²) in [5, 5.41) is 7.94. The topological polar surface area (TPSA) is 42.4 Å². The van der Waals surface area contributed by atoms with E-state index in [-0.39, 0.29) is 0 Å². The highest BCUT2D eigenvalue weighted by atomic mass is 35.5. The van der Waals surface area contributed by atoms with Crippen LogP contribution in [0.2, 0.25) is 10.3 Å². The second-order valence-corrected chi connectivity index (χ2v) is 2.85. The van der Waals surface area contributed by atoms with E-state index in [0.717, 1.165) is 0 Å². The lowest BCUT2D eigenvalue weighted by molar-refractivity contribution is -0.274. The van der Waals surface area contributed by atoms with Gasteiger partial charge < -0.3 is 9.84 Å². The highest BCUT2D eigenvalue weighted by Crippen LogP contribution is 2.34. The minimum absolute atomic E-state index is 0.399. The van der Waals surface area contributed by atoms with E-state index in [2.05, 4.69) is 9.72 Å². The lowest BCUT2D eigenvalue weighted by Crippen LogP contribution is -2.17. The maximum Gasteiger partial charge on any atom is 0.573 e. The Morgan fingerprint density at radius 2 is 1.86 bits per heavy atom. The highest BCUT2D eigenvalue weighted by Gasteiger charge is 2.32. The SMILES string of the molecule is Oc1cc(OC(F)(F)F)c(Cl)nc1Cl. The first-order valence-electron chi connectivity index (χ1n) is 3.10. The van der Waals surface area contributed by atoms with Gasteiger partial charge in [0.1, 0.15) is 0 Å². The van der Waals surface area contributed by atoms with Crippen molar-refractivity contribution in [3.63, 3.8) is 0 Å². The molecular formula is C6H2Cl2F3NO2. The Balaban J connectivity index is 3.04. The molecule has 1 N–H and O–H groups in total. The normalized spacial score (nSPS) is 11.5. The van der Waals surface area contributed by atoms with Crippen LogP contribution in [0.25, 0.3) is 0 Å². The molecule has 0 aliphatic rings. The van der Waals surface area contributed by atoms with Crippen molar-refractivity contribution in [2.75, 3.05) is 0 Å². The Bertz CT molecular complexity index is 356. The van der Waals surface area contributed by atoms with Crippen molar-refractivity contribution in [2.24, 2.45) is 0 Å². The summed E-state index contributed by atoms with van der Waals surface area (Å²) in [4.78, 5) is 3.21. The highest BCUT2D eigenvalue weighted by molar-refractivity contribution is 6.34. The lowest BCUT2D eigenvalue weighted by atomic mass is 10.4. The minimum atomic E-state index is -4.90. The van der Waals surface area contributed by atoms with Crippen LogP contribution in [0.5, 0.6) is 11.5 Å². The number of halogens is 5. The molecule has 0 aliphatic heterocycles. The van der Waals surface area contributed by atoms with E-state index in [4.69, 9.17) is 28.3 Å². The van der Waals surface area contributed by atoms with Gasteiger partial charge in [-0.3, -0.25) is 0 Å². The summed E-state index contributed by atoms with van der Waals surface area (Å²) < 4.78 is 38.6. The van der Waals surface area contributed by atoms with Crippen LogP contribution < -0.4 is 4.74 Å². The fraction of sp³-hybridized carbons (Fsp3) is 0.167. The van der Waals surface area contributed by atoms with E-state index < -0.39 is 28.2 Å². The smallest absolute Gasteiger partial charge is 0.505 e. The number of nitrogens with zero attached hydrogens (tertiary/aromatic N) is 1. The molecular weight excluding hydrogens is 246 g/mol. The third kappa shape index (κ3) is 2.81. The zero-order valence-electron chi connectivity index (χ0n) is 6.27. The van der Waals surface area contributed by atoms with Gasteiger partial charge in [0.25, 0.3) is 0 Å². The maximum atomic E-state index is 11.7. The lowest BCUT2D eigenvalue weighted by Gasteiger charge is -2.10. The molecule has 0 amide bonds. The van der Waals surface area contributed by atoms with Crippen LogP contribution in [0.4, 0.5) is 13.2 Å². The summed E-state index contributed by atoms with van der Waals surface area (Å²) in [6.45, 7) is 0. The van der Waals surface area contributed by atoms with Crippen molar-refractivity contribution < 1.29 is 23.0 Å². The van der Waals surface area contributed by atoms with Crippen LogP contribution in [-0.2, 0) is 0 Å². The second kappa shape index (κ2) is 3.70. The van der Waals surface area contributed by atoms with Gasteiger partial charge in [0.05, 0.1) is 0 Å². The molecule has 1 aromatic rings. The zero-order valence-corrected chi connectivity index (χ0v) is 7.78. The average Bonchev–Trinajstić information content (AvgIpc) is 1.97. The summed E-state index contributed by atoms with van der Waals surface area (Å²) >= 11 is 10.6. The Hall–Kier alpha value is -0.880. The predicted molar refractivity (Wildman–Crippen MR) is 42.6 cm³/mol. The third-order valence-electron chi connectivity index (χ3n) is 1.10.